The van der Waals surface area contributed by atoms with E-state index in [2.05, 4.69) is 88.4 Å². The molecule has 0 spiro atoms. The van der Waals surface area contributed by atoms with Gasteiger partial charge in [-0.2, -0.15) is 9.12 Å². The van der Waals surface area contributed by atoms with Crippen LogP contribution < -0.4 is 0 Å². The lowest BCUT2D eigenvalue weighted by Crippen LogP contribution is -2.41. The second kappa shape index (κ2) is 12.6. The lowest BCUT2D eigenvalue weighted by Gasteiger charge is -2.30. The summed E-state index contributed by atoms with van der Waals surface area (Å²) >= 11 is 0. The first-order valence-corrected chi connectivity index (χ1v) is 22.6. The van der Waals surface area contributed by atoms with Crippen LogP contribution >= 0.6 is 9.12 Å². The van der Waals surface area contributed by atoms with Crippen LogP contribution in [0, 0.1) is 0 Å². The van der Waals surface area contributed by atoms with Gasteiger partial charge in [0.15, 0.2) is 33.3 Å². The molecule has 0 saturated heterocycles. The van der Waals surface area contributed by atoms with Gasteiger partial charge in [0, 0.05) is 0 Å². The third-order valence-electron chi connectivity index (χ3n) is 2.87. The molecule has 8 heteroatoms. The van der Waals surface area contributed by atoms with Crippen LogP contribution in [0.5, 0.6) is 0 Å². The molecule has 0 bridgehead atoms. The Bertz CT molecular complexity index is 262. The Kier molecular flexibility index (Phi) is 15.9. The highest BCUT2D eigenvalue weighted by Gasteiger charge is 2.28. The summed E-state index contributed by atoms with van der Waals surface area (Å²) in [4.78, 5) is 0. The van der Waals surface area contributed by atoms with Crippen molar-refractivity contribution in [3.8, 4) is 0 Å². The zero-order valence-electron chi connectivity index (χ0n) is 18.4. The fourth-order valence-electron chi connectivity index (χ4n) is 1.80. The molecule has 0 aromatic carbocycles. The van der Waals surface area contributed by atoms with Crippen LogP contribution in [0.2, 0.25) is 84.4 Å². The van der Waals surface area contributed by atoms with Gasteiger partial charge in [0.1, 0.15) is 7.00 Å². The van der Waals surface area contributed by atoms with E-state index >= 15 is 0 Å². The number of hydrogen-bond donors (Lipinski definition) is 0. The molecule has 0 amide bonds. The molecule has 0 aromatic heterocycles. The molecule has 0 aliphatic heterocycles. The summed E-state index contributed by atoms with van der Waals surface area (Å²) < 4.78 is 12.1. The first kappa shape index (κ1) is 29.1. The van der Waals surface area contributed by atoms with Crippen molar-refractivity contribution in [2.45, 2.75) is 98.2 Å². The lowest BCUT2D eigenvalue weighted by molar-refractivity contribution is 0.549. The molecule has 1 atom stereocenters. The van der Waals surface area contributed by atoms with E-state index < -0.39 is 33.3 Å². The standard InChI is InChI=1S/2C7H20OSi2.CH5BP/c2*1-7-10(5,6)8-9(2,3)4;1-2-3/h2*7H2,1-6H3;3H2,1H3. The number of hydrogen-bond acceptors (Lipinski definition) is 2. The van der Waals surface area contributed by atoms with Crippen molar-refractivity contribution >= 4 is 49.4 Å². The normalized spacial score (nSPS) is 12.6. The van der Waals surface area contributed by atoms with Crippen molar-refractivity contribution in [1.29, 1.82) is 0 Å². The van der Waals surface area contributed by atoms with Crippen molar-refractivity contribution in [1.82, 2.24) is 0 Å². The first-order valence-electron chi connectivity index (χ1n) is 8.85. The minimum absolute atomic E-state index is 1.23. The summed E-state index contributed by atoms with van der Waals surface area (Å²) in [5.41, 5.74) is 0. The summed E-state index contributed by atoms with van der Waals surface area (Å²) in [7, 11) is -2.55. The van der Waals surface area contributed by atoms with Gasteiger partial charge < -0.3 is 8.23 Å². The van der Waals surface area contributed by atoms with Gasteiger partial charge in [0.2, 0.25) is 0 Å². The largest absolute Gasteiger partial charge is 0.456 e. The third kappa shape index (κ3) is 28.4. The van der Waals surface area contributed by atoms with E-state index in [0.29, 0.717) is 0 Å². The molecule has 0 aromatic rings. The summed E-state index contributed by atoms with van der Waals surface area (Å²) in [5, 5.41) is 0. The Morgan fingerprint density at radius 2 is 0.826 bits per heavy atom. The molecule has 0 aliphatic carbocycles. The van der Waals surface area contributed by atoms with Gasteiger partial charge in [-0.15, -0.1) is 0 Å². The van der Waals surface area contributed by atoms with Gasteiger partial charge in [0.05, 0.1) is 0 Å². The zero-order chi connectivity index (χ0) is 19.5. The van der Waals surface area contributed by atoms with Crippen LogP contribution in [-0.4, -0.2) is 40.3 Å². The van der Waals surface area contributed by atoms with Crippen molar-refractivity contribution in [3.05, 3.63) is 0 Å². The van der Waals surface area contributed by atoms with E-state index in [1.54, 1.807) is 0 Å². The zero-order valence-corrected chi connectivity index (χ0v) is 23.5. The topological polar surface area (TPSA) is 18.5 Å². The maximum absolute atomic E-state index is 6.05. The van der Waals surface area contributed by atoms with Crippen LogP contribution in [0.25, 0.3) is 0 Å². The van der Waals surface area contributed by atoms with Gasteiger partial charge >= 0.3 is 0 Å². The van der Waals surface area contributed by atoms with Crippen LogP contribution in [0.3, 0.4) is 0 Å². The second-order valence-electron chi connectivity index (χ2n) is 8.99. The lowest BCUT2D eigenvalue weighted by atomic mass is 10.2. The van der Waals surface area contributed by atoms with Crippen molar-refractivity contribution in [3.63, 3.8) is 0 Å². The van der Waals surface area contributed by atoms with Gasteiger partial charge in [-0.05, 0) is 77.6 Å². The van der Waals surface area contributed by atoms with E-state index in [9.17, 15) is 0 Å². The Hall–Kier alpha value is 1.28. The maximum atomic E-state index is 6.05. The molecular formula is C15H45BO2PSi4. The Morgan fingerprint density at radius 3 is 0.870 bits per heavy atom. The fourth-order valence-corrected chi connectivity index (χ4v) is 16.2. The van der Waals surface area contributed by atoms with E-state index in [0.717, 1.165) is 0 Å². The van der Waals surface area contributed by atoms with Crippen molar-refractivity contribution < 1.29 is 8.23 Å². The van der Waals surface area contributed by atoms with Gasteiger partial charge in [-0.1, -0.05) is 20.7 Å². The monoisotopic (exact) mass is 411 g/mol. The van der Waals surface area contributed by atoms with Crippen LogP contribution in [0.4, 0.5) is 0 Å². The molecule has 2 nitrogen and oxygen atoms in total. The number of rotatable bonds is 6. The summed E-state index contributed by atoms with van der Waals surface area (Å²) in [6.45, 7) is 31.1. The average Bonchev–Trinajstić information content (AvgIpc) is 2.25. The van der Waals surface area contributed by atoms with E-state index in [1.807, 2.05) is 13.8 Å². The van der Waals surface area contributed by atoms with Crippen molar-refractivity contribution in [2.75, 3.05) is 0 Å². The summed E-state index contributed by atoms with van der Waals surface area (Å²) in [6.07, 6.45) is 0. The molecule has 0 heterocycles. The van der Waals surface area contributed by atoms with Crippen LogP contribution in [0.1, 0.15) is 13.8 Å². The van der Waals surface area contributed by atoms with E-state index in [4.69, 9.17) is 8.23 Å². The summed E-state index contributed by atoms with van der Waals surface area (Å²) in [5.74, 6) is 0. The van der Waals surface area contributed by atoms with Gasteiger partial charge in [-0.25, -0.2) is 0 Å². The van der Waals surface area contributed by atoms with Crippen molar-refractivity contribution in [2.24, 2.45) is 0 Å². The molecule has 0 N–H and O–H groups in total. The molecule has 0 fully saturated rings. The second-order valence-corrected chi connectivity index (χ2v) is 28.2. The molecule has 23 heavy (non-hydrogen) atoms. The quantitative estimate of drug-likeness (QED) is 0.360. The Morgan fingerprint density at radius 1 is 0.652 bits per heavy atom. The molecule has 0 rings (SSSR count). The molecule has 1 unspecified atom stereocenters. The molecule has 1 radical (unpaired) electrons. The molecule has 141 valence electrons. The molecule has 0 aliphatic rings. The Balaban J connectivity index is -0.000000297. The highest BCUT2D eigenvalue weighted by molar-refractivity contribution is 7.55. The Labute approximate surface area is 155 Å². The highest BCUT2D eigenvalue weighted by Crippen LogP contribution is 2.17. The first-order chi connectivity index (χ1) is 9.95. The van der Waals surface area contributed by atoms with Gasteiger partial charge in [-0.3, -0.25) is 0 Å². The minimum atomic E-state index is -1.25. The third-order valence-corrected chi connectivity index (χ3v) is 15.6. The molecule has 0 saturated carbocycles. The minimum Gasteiger partial charge on any atom is -0.456 e. The highest BCUT2D eigenvalue weighted by atomic mass is 31.0. The average molecular weight is 412 g/mol. The predicted octanol–water partition coefficient (Wildman–Crippen LogP) is 6.65. The summed E-state index contributed by atoms with van der Waals surface area (Å²) in [6, 6.07) is 2.47. The van der Waals surface area contributed by atoms with Crippen LogP contribution in [-0.2, 0) is 8.23 Å². The van der Waals surface area contributed by atoms with Gasteiger partial charge in [0.25, 0.3) is 0 Å². The van der Waals surface area contributed by atoms with E-state index in [-0.39, 0.29) is 0 Å². The van der Waals surface area contributed by atoms with E-state index in [1.165, 1.54) is 12.1 Å². The smallest absolute Gasteiger partial charge is 0.173 e. The maximum Gasteiger partial charge on any atom is 0.173 e. The van der Waals surface area contributed by atoms with Crippen LogP contribution in [0.15, 0.2) is 0 Å². The predicted molar refractivity (Wildman–Crippen MR) is 126 cm³/mol. The molecular weight excluding hydrogens is 366 g/mol. The SMILES string of the molecule is CC[Si](C)(C)O[Si](C)(C)C.CC[Si](C)(C)O[Si](C)(C)C.C[B]P. The fraction of sp³-hybridized carbons (Fsp3) is 1.00.